The molecule has 3 rings (SSSR count). The van der Waals surface area contributed by atoms with Crippen LogP contribution in [0.3, 0.4) is 0 Å². The first-order valence-electron chi connectivity index (χ1n) is 7.02. The summed E-state index contributed by atoms with van der Waals surface area (Å²) in [5, 5.41) is 16.7. The van der Waals surface area contributed by atoms with Crippen molar-refractivity contribution in [2.45, 2.75) is 13.5 Å². The SMILES string of the molecule is CC1=NN(Cc2ccccc2Cl)C(=O)/C1=C\c1ccc([N+](=O)[O-])o1. The number of furan rings is 1. The summed E-state index contributed by atoms with van der Waals surface area (Å²) in [6, 6.07) is 9.87. The molecule has 7 nitrogen and oxygen atoms in total. The maximum absolute atomic E-state index is 12.5. The van der Waals surface area contributed by atoms with Gasteiger partial charge in [0.25, 0.3) is 5.91 Å². The minimum Gasteiger partial charge on any atom is -0.401 e. The number of nitro groups is 1. The van der Waals surface area contributed by atoms with Crippen LogP contribution in [0.2, 0.25) is 5.02 Å². The molecule has 0 atom stereocenters. The number of hydrazone groups is 1. The quantitative estimate of drug-likeness (QED) is 0.480. The predicted molar refractivity (Wildman–Crippen MR) is 88.5 cm³/mol. The van der Waals surface area contributed by atoms with Gasteiger partial charge in [0.1, 0.15) is 10.7 Å². The Hall–Kier alpha value is -2.93. The number of hydrogen-bond acceptors (Lipinski definition) is 5. The van der Waals surface area contributed by atoms with Crippen molar-refractivity contribution in [1.29, 1.82) is 0 Å². The smallest absolute Gasteiger partial charge is 0.401 e. The number of amides is 1. The lowest BCUT2D eigenvalue weighted by atomic mass is 10.1. The Bertz CT molecular complexity index is 885. The van der Waals surface area contributed by atoms with Gasteiger partial charge in [0.05, 0.1) is 23.9 Å². The molecule has 2 aromatic rings. The molecule has 8 heteroatoms. The molecule has 122 valence electrons. The standard InChI is InChI=1S/C16H12ClN3O4/c1-10-13(8-12-6-7-15(24-12)20(22)23)16(21)19(18-10)9-11-4-2-3-5-14(11)17/h2-8H,9H2,1H3/b13-8-. The van der Waals surface area contributed by atoms with Crippen molar-refractivity contribution in [2.75, 3.05) is 0 Å². The molecular weight excluding hydrogens is 334 g/mol. The molecule has 1 aliphatic heterocycles. The second-order valence-corrected chi connectivity index (χ2v) is 5.54. The van der Waals surface area contributed by atoms with E-state index in [2.05, 4.69) is 5.10 Å². The molecule has 0 N–H and O–H groups in total. The lowest BCUT2D eigenvalue weighted by Crippen LogP contribution is -2.21. The number of halogens is 1. The summed E-state index contributed by atoms with van der Waals surface area (Å²) < 4.78 is 5.05. The zero-order valence-electron chi connectivity index (χ0n) is 12.6. The van der Waals surface area contributed by atoms with Gasteiger partial charge in [-0.25, -0.2) is 5.01 Å². The van der Waals surface area contributed by atoms with E-state index in [4.69, 9.17) is 16.0 Å². The van der Waals surface area contributed by atoms with Gasteiger partial charge in [0, 0.05) is 5.02 Å². The van der Waals surface area contributed by atoms with Crippen molar-refractivity contribution >= 4 is 35.2 Å². The Balaban J connectivity index is 1.83. The van der Waals surface area contributed by atoms with Crippen LogP contribution in [0.5, 0.6) is 0 Å². The predicted octanol–water partition coefficient (Wildman–Crippen LogP) is 3.64. The van der Waals surface area contributed by atoms with Crippen LogP contribution in [0.25, 0.3) is 6.08 Å². The Morgan fingerprint density at radius 3 is 2.75 bits per heavy atom. The van der Waals surface area contributed by atoms with Gasteiger partial charge in [-0.05, 0) is 30.7 Å². The fourth-order valence-electron chi connectivity index (χ4n) is 2.30. The molecule has 0 radical (unpaired) electrons. The first-order valence-corrected chi connectivity index (χ1v) is 7.40. The van der Waals surface area contributed by atoms with Crippen LogP contribution in [0.1, 0.15) is 18.2 Å². The second-order valence-electron chi connectivity index (χ2n) is 5.13. The zero-order chi connectivity index (χ0) is 17.3. The van der Waals surface area contributed by atoms with E-state index in [1.807, 2.05) is 12.1 Å². The van der Waals surface area contributed by atoms with Crippen molar-refractivity contribution in [3.05, 3.63) is 68.4 Å². The first-order chi connectivity index (χ1) is 11.5. The third kappa shape index (κ3) is 3.07. The van der Waals surface area contributed by atoms with Gasteiger partial charge >= 0.3 is 5.88 Å². The van der Waals surface area contributed by atoms with E-state index in [1.54, 1.807) is 19.1 Å². The highest BCUT2D eigenvalue weighted by Crippen LogP contribution is 2.25. The van der Waals surface area contributed by atoms with Gasteiger partial charge in [-0.3, -0.25) is 14.9 Å². The normalized spacial score (nSPS) is 15.9. The zero-order valence-corrected chi connectivity index (χ0v) is 13.4. The van der Waals surface area contributed by atoms with Crippen LogP contribution in [-0.4, -0.2) is 21.6 Å². The number of benzene rings is 1. The lowest BCUT2D eigenvalue weighted by Gasteiger charge is -2.12. The Labute approximate surface area is 142 Å². The van der Waals surface area contributed by atoms with E-state index in [9.17, 15) is 14.9 Å². The minimum absolute atomic E-state index is 0.221. The minimum atomic E-state index is -0.636. The molecule has 0 spiro atoms. The van der Waals surface area contributed by atoms with Crippen molar-refractivity contribution < 1.29 is 14.1 Å². The molecule has 1 aromatic heterocycles. The average Bonchev–Trinajstić information content (AvgIpc) is 3.11. The van der Waals surface area contributed by atoms with Crippen molar-refractivity contribution in [1.82, 2.24) is 5.01 Å². The van der Waals surface area contributed by atoms with E-state index in [0.29, 0.717) is 16.3 Å². The molecule has 24 heavy (non-hydrogen) atoms. The second kappa shape index (κ2) is 6.29. The highest BCUT2D eigenvalue weighted by Gasteiger charge is 2.28. The first kappa shape index (κ1) is 15.9. The van der Waals surface area contributed by atoms with E-state index >= 15 is 0 Å². The fraction of sp³-hybridized carbons (Fsp3) is 0.125. The van der Waals surface area contributed by atoms with Crippen LogP contribution < -0.4 is 0 Å². The maximum Gasteiger partial charge on any atom is 0.433 e. The van der Waals surface area contributed by atoms with E-state index in [0.717, 1.165) is 5.56 Å². The number of carbonyl (C=O) groups is 1. The summed E-state index contributed by atoms with van der Waals surface area (Å²) in [6.45, 7) is 1.93. The van der Waals surface area contributed by atoms with Gasteiger partial charge < -0.3 is 4.42 Å². The van der Waals surface area contributed by atoms with Crippen molar-refractivity contribution in [3.8, 4) is 0 Å². The molecule has 0 saturated heterocycles. The summed E-state index contributed by atoms with van der Waals surface area (Å²) in [4.78, 5) is 22.5. The van der Waals surface area contributed by atoms with Gasteiger partial charge in [-0.2, -0.15) is 5.10 Å². The largest absolute Gasteiger partial charge is 0.433 e. The fourth-order valence-corrected chi connectivity index (χ4v) is 2.49. The van der Waals surface area contributed by atoms with Gasteiger partial charge in [0.15, 0.2) is 0 Å². The van der Waals surface area contributed by atoms with E-state index in [1.165, 1.54) is 23.2 Å². The third-order valence-corrected chi connectivity index (χ3v) is 3.85. The molecule has 1 aliphatic rings. The molecule has 0 fully saturated rings. The molecular formula is C16H12ClN3O4. The van der Waals surface area contributed by atoms with Crippen LogP contribution in [0.15, 0.2) is 51.5 Å². The Kier molecular flexibility index (Phi) is 4.18. The van der Waals surface area contributed by atoms with Gasteiger partial charge in [-0.15, -0.1) is 0 Å². The van der Waals surface area contributed by atoms with Crippen molar-refractivity contribution in [2.24, 2.45) is 5.10 Å². The van der Waals surface area contributed by atoms with Crippen LogP contribution in [-0.2, 0) is 11.3 Å². The molecule has 0 aliphatic carbocycles. The summed E-state index contributed by atoms with van der Waals surface area (Å²) in [7, 11) is 0. The third-order valence-electron chi connectivity index (χ3n) is 3.48. The summed E-state index contributed by atoms with van der Waals surface area (Å²) >= 11 is 6.11. The molecule has 1 amide bonds. The molecule has 2 heterocycles. The number of rotatable bonds is 4. The maximum atomic E-state index is 12.5. The van der Waals surface area contributed by atoms with Crippen LogP contribution in [0.4, 0.5) is 5.88 Å². The highest BCUT2D eigenvalue weighted by atomic mass is 35.5. The molecule has 1 aromatic carbocycles. The molecule has 0 saturated carbocycles. The van der Waals surface area contributed by atoms with Gasteiger partial charge in [0.2, 0.25) is 0 Å². The number of carbonyl (C=O) groups excluding carboxylic acids is 1. The highest BCUT2D eigenvalue weighted by molar-refractivity contribution is 6.31. The molecule has 0 unspecified atom stereocenters. The van der Waals surface area contributed by atoms with E-state index < -0.39 is 4.92 Å². The Morgan fingerprint density at radius 1 is 1.33 bits per heavy atom. The van der Waals surface area contributed by atoms with Crippen molar-refractivity contribution in [3.63, 3.8) is 0 Å². The van der Waals surface area contributed by atoms with Crippen LogP contribution >= 0.6 is 11.6 Å². The summed E-state index contributed by atoms with van der Waals surface area (Å²) in [6.07, 6.45) is 1.45. The van der Waals surface area contributed by atoms with Crippen LogP contribution in [0, 0.1) is 10.1 Å². The monoisotopic (exact) mass is 345 g/mol. The topological polar surface area (TPSA) is 89.0 Å². The number of nitrogens with zero attached hydrogens (tertiary/aromatic N) is 3. The number of hydrogen-bond donors (Lipinski definition) is 0. The van der Waals surface area contributed by atoms with Gasteiger partial charge in [-0.1, -0.05) is 29.8 Å². The average molecular weight is 346 g/mol. The van der Waals surface area contributed by atoms with E-state index in [-0.39, 0.29) is 24.1 Å². The molecule has 0 bridgehead atoms. The summed E-state index contributed by atoms with van der Waals surface area (Å²) in [5.41, 5.74) is 1.61. The summed E-state index contributed by atoms with van der Waals surface area (Å²) in [5.74, 6) is -0.472. The Morgan fingerprint density at radius 2 is 2.08 bits per heavy atom. The lowest BCUT2D eigenvalue weighted by molar-refractivity contribution is -0.402.